The molecule has 3 N–H and O–H groups in total. The molecule has 1 aromatic carbocycles. The second-order valence-electron chi connectivity index (χ2n) is 4.98. The van der Waals surface area contributed by atoms with Crippen LogP contribution in [0.2, 0.25) is 0 Å². The van der Waals surface area contributed by atoms with E-state index in [0.717, 1.165) is 5.69 Å². The molecule has 0 saturated heterocycles. The number of anilines is 2. The Balaban J connectivity index is 2.36. The standard InChI is InChI=1S/C13H16BrN3O2S2/c1-7(2)11-6-20-13(16-11)17-21(18,19)12-5-10(15)9(14)4-8(12)3/h4-7H,15H2,1-3H3,(H,16,17). The van der Waals surface area contributed by atoms with Crippen molar-refractivity contribution in [3.05, 3.63) is 33.2 Å². The van der Waals surface area contributed by atoms with Gasteiger partial charge in [0.1, 0.15) is 0 Å². The van der Waals surface area contributed by atoms with Gasteiger partial charge in [0, 0.05) is 15.5 Å². The molecule has 0 radical (unpaired) electrons. The maximum Gasteiger partial charge on any atom is 0.264 e. The summed E-state index contributed by atoms with van der Waals surface area (Å²) in [6.07, 6.45) is 0. The van der Waals surface area contributed by atoms with Gasteiger partial charge in [0.15, 0.2) is 5.13 Å². The van der Waals surface area contributed by atoms with Gasteiger partial charge in [0.25, 0.3) is 10.0 Å². The molecule has 5 nitrogen and oxygen atoms in total. The second kappa shape index (κ2) is 5.94. The number of rotatable bonds is 4. The highest BCUT2D eigenvalue weighted by molar-refractivity contribution is 9.10. The summed E-state index contributed by atoms with van der Waals surface area (Å²) in [5.74, 6) is 0.254. The molecule has 0 atom stereocenters. The second-order valence-corrected chi connectivity index (χ2v) is 8.34. The molecule has 2 rings (SSSR count). The van der Waals surface area contributed by atoms with E-state index in [4.69, 9.17) is 5.73 Å². The van der Waals surface area contributed by atoms with Crippen molar-refractivity contribution in [2.45, 2.75) is 31.6 Å². The first-order chi connectivity index (χ1) is 9.70. The largest absolute Gasteiger partial charge is 0.398 e. The number of sulfonamides is 1. The van der Waals surface area contributed by atoms with Gasteiger partial charge in [0.2, 0.25) is 0 Å². The zero-order valence-electron chi connectivity index (χ0n) is 11.8. The zero-order chi connectivity index (χ0) is 15.8. The molecule has 0 fully saturated rings. The summed E-state index contributed by atoms with van der Waals surface area (Å²) in [4.78, 5) is 4.43. The van der Waals surface area contributed by atoms with Crippen LogP contribution >= 0.6 is 27.3 Å². The van der Waals surface area contributed by atoms with Crippen LogP contribution in [0.5, 0.6) is 0 Å². The normalized spacial score (nSPS) is 11.9. The number of nitrogens with two attached hydrogens (primary N) is 1. The van der Waals surface area contributed by atoms with Gasteiger partial charge in [-0.3, -0.25) is 4.72 Å². The average Bonchev–Trinajstić information content (AvgIpc) is 2.81. The summed E-state index contributed by atoms with van der Waals surface area (Å²) in [6, 6.07) is 3.13. The third kappa shape index (κ3) is 3.56. The molecule has 8 heteroatoms. The van der Waals surface area contributed by atoms with E-state index in [-0.39, 0.29) is 10.8 Å². The number of halogens is 1. The average molecular weight is 390 g/mol. The molecule has 21 heavy (non-hydrogen) atoms. The summed E-state index contributed by atoms with van der Waals surface area (Å²) >= 11 is 4.55. The molecular weight excluding hydrogens is 374 g/mol. The number of aryl methyl sites for hydroxylation is 1. The number of nitrogens with zero attached hydrogens (tertiary/aromatic N) is 1. The Hall–Kier alpha value is -1.12. The fraction of sp³-hybridized carbons (Fsp3) is 0.308. The highest BCUT2D eigenvalue weighted by Gasteiger charge is 2.20. The van der Waals surface area contributed by atoms with Crippen molar-refractivity contribution < 1.29 is 8.42 Å². The van der Waals surface area contributed by atoms with Crippen molar-refractivity contribution in [1.29, 1.82) is 0 Å². The van der Waals surface area contributed by atoms with E-state index >= 15 is 0 Å². The number of nitrogen functional groups attached to an aromatic ring is 1. The van der Waals surface area contributed by atoms with Crippen LogP contribution in [0.1, 0.15) is 31.0 Å². The lowest BCUT2D eigenvalue weighted by Gasteiger charge is -2.10. The molecule has 2 aromatic rings. The monoisotopic (exact) mass is 389 g/mol. The minimum atomic E-state index is -3.70. The Morgan fingerprint density at radius 3 is 2.62 bits per heavy atom. The van der Waals surface area contributed by atoms with Crippen molar-refractivity contribution in [3.8, 4) is 0 Å². The van der Waals surface area contributed by atoms with Crippen LogP contribution in [0.15, 0.2) is 26.9 Å². The van der Waals surface area contributed by atoms with E-state index in [1.807, 2.05) is 19.2 Å². The predicted octanol–water partition coefficient (Wildman–Crippen LogP) is 3.72. The van der Waals surface area contributed by atoms with Crippen molar-refractivity contribution in [2.75, 3.05) is 10.5 Å². The predicted molar refractivity (Wildman–Crippen MR) is 90.3 cm³/mol. The van der Waals surface area contributed by atoms with E-state index in [0.29, 0.717) is 20.9 Å². The molecular formula is C13H16BrN3O2S2. The Labute approximate surface area is 136 Å². The smallest absolute Gasteiger partial charge is 0.264 e. The molecule has 1 heterocycles. The van der Waals surface area contributed by atoms with E-state index in [2.05, 4.69) is 25.6 Å². The SMILES string of the molecule is Cc1cc(Br)c(N)cc1S(=O)(=O)Nc1nc(C(C)C)cs1. The van der Waals surface area contributed by atoms with Crippen LogP contribution in [0.25, 0.3) is 0 Å². The minimum Gasteiger partial charge on any atom is -0.398 e. The first-order valence-corrected chi connectivity index (χ1v) is 9.40. The van der Waals surface area contributed by atoms with E-state index < -0.39 is 10.0 Å². The number of benzene rings is 1. The number of aromatic nitrogens is 1. The van der Waals surface area contributed by atoms with Gasteiger partial charge in [-0.05, 0) is 46.5 Å². The molecule has 1 aromatic heterocycles. The minimum absolute atomic E-state index is 0.157. The van der Waals surface area contributed by atoms with Crippen LogP contribution < -0.4 is 10.5 Å². The lowest BCUT2D eigenvalue weighted by atomic mass is 10.2. The van der Waals surface area contributed by atoms with Gasteiger partial charge in [-0.25, -0.2) is 13.4 Å². The van der Waals surface area contributed by atoms with Crippen molar-refractivity contribution in [3.63, 3.8) is 0 Å². The molecule has 0 spiro atoms. The lowest BCUT2D eigenvalue weighted by Crippen LogP contribution is -2.14. The molecule has 0 bridgehead atoms. The Morgan fingerprint density at radius 2 is 2.05 bits per heavy atom. The Morgan fingerprint density at radius 1 is 1.38 bits per heavy atom. The Kier molecular flexibility index (Phi) is 4.60. The van der Waals surface area contributed by atoms with Gasteiger partial charge < -0.3 is 5.73 Å². The number of hydrogen-bond acceptors (Lipinski definition) is 5. The van der Waals surface area contributed by atoms with Gasteiger partial charge in [-0.15, -0.1) is 11.3 Å². The Bertz CT molecular complexity index is 770. The van der Waals surface area contributed by atoms with Crippen LogP contribution in [-0.2, 0) is 10.0 Å². The summed E-state index contributed by atoms with van der Waals surface area (Å²) in [6.45, 7) is 5.74. The van der Waals surface area contributed by atoms with Gasteiger partial charge >= 0.3 is 0 Å². The topological polar surface area (TPSA) is 85.1 Å². The van der Waals surface area contributed by atoms with Crippen LogP contribution in [0.3, 0.4) is 0 Å². The number of nitrogens with one attached hydrogen (secondary N) is 1. The third-order valence-electron chi connectivity index (χ3n) is 2.92. The van der Waals surface area contributed by atoms with Gasteiger partial charge in [0.05, 0.1) is 10.6 Å². The quantitative estimate of drug-likeness (QED) is 0.780. The third-order valence-corrected chi connectivity index (χ3v) is 5.99. The van der Waals surface area contributed by atoms with Gasteiger partial charge in [-0.2, -0.15) is 0 Å². The van der Waals surface area contributed by atoms with Gasteiger partial charge in [-0.1, -0.05) is 13.8 Å². The highest BCUT2D eigenvalue weighted by atomic mass is 79.9. The van der Waals surface area contributed by atoms with E-state index in [9.17, 15) is 8.42 Å². The first-order valence-electron chi connectivity index (χ1n) is 6.24. The molecule has 0 aliphatic carbocycles. The number of thiazole rings is 1. The molecule has 0 aliphatic heterocycles. The van der Waals surface area contributed by atoms with Crippen molar-refractivity contribution in [1.82, 2.24) is 4.98 Å². The zero-order valence-corrected chi connectivity index (χ0v) is 15.1. The molecule has 0 unspecified atom stereocenters. The summed E-state index contributed by atoms with van der Waals surface area (Å²) in [5.41, 5.74) is 7.63. The lowest BCUT2D eigenvalue weighted by molar-refractivity contribution is 0.600. The summed E-state index contributed by atoms with van der Waals surface area (Å²) in [7, 11) is -3.70. The molecule has 0 amide bonds. The van der Waals surface area contributed by atoms with E-state index in [1.165, 1.54) is 17.4 Å². The van der Waals surface area contributed by atoms with Crippen LogP contribution in [0.4, 0.5) is 10.8 Å². The highest BCUT2D eigenvalue weighted by Crippen LogP contribution is 2.29. The van der Waals surface area contributed by atoms with E-state index in [1.54, 1.807) is 13.0 Å². The number of hydrogen-bond donors (Lipinski definition) is 2. The maximum atomic E-state index is 12.4. The summed E-state index contributed by atoms with van der Waals surface area (Å²) < 4.78 is 28.1. The first kappa shape index (κ1) is 16.3. The molecule has 0 saturated carbocycles. The fourth-order valence-corrected chi connectivity index (χ4v) is 4.57. The molecule has 114 valence electrons. The molecule has 0 aliphatic rings. The fourth-order valence-electron chi connectivity index (χ4n) is 1.73. The summed E-state index contributed by atoms with van der Waals surface area (Å²) in [5, 5.41) is 2.21. The van der Waals surface area contributed by atoms with Crippen LogP contribution in [0, 0.1) is 6.92 Å². The van der Waals surface area contributed by atoms with Crippen LogP contribution in [-0.4, -0.2) is 13.4 Å². The van der Waals surface area contributed by atoms with Crippen molar-refractivity contribution in [2.24, 2.45) is 0 Å². The van der Waals surface area contributed by atoms with Crippen molar-refractivity contribution >= 4 is 48.1 Å². The maximum absolute atomic E-state index is 12.4.